The average Bonchev–Trinajstić information content (AvgIpc) is 2.36. The van der Waals surface area contributed by atoms with Crippen LogP contribution in [0.3, 0.4) is 0 Å². The van der Waals surface area contributed by atoms with Crippen LogP contribution in [-0.4, -0.2) is 34.8 Å². The summed E-state index contributed by atoms with van der Waals surface area (Å²) >= 11 is 0. The lowest BCUT2D eigenvalue weighted by Crippen LogP contribution is -2.38. The summed E-state index contributed by atoms with van der Waals surface area (Å²) < 4.78 is 5.29. The summed E-state index contributed by atoms with van der Waals surface area (Å²) in [7, 11) is 0. The second kappa shape index (κ2) is 7.38. The van der Waals surface area contributed by atoms with E-state index in [9.17, 15) is 9.59 Å². The van der Waals surface area contributed by atoms with Crippen LogP contribution in [0.5, 0.6) is 5.75 Å². The molecular weight excluding hydrogens is 250 g/mol. The number of carbonyl (C=O) groups is 2. The molecule has 0 aliphatic rings. The van der Waals surface area contributed by atoms with Gasteiger partial charge >= 0.3 is 11.9 Å². The van der Waals surface area contributed by atoms with Crippen molar-refractivity contribution in [3.05, 3.63) is 29.8 Å². The number of ether oxygens (including phenoxy) is 1. The molecule has 1 aromatic rings. The minimum Gasteiger partial charge on any atom is -0.494 e. The molecule has 6 heteroatoms. The van der Waals surface area contributed by atoms with Crippen molar-refractivity contribution < 1.29 is 24.5 Å². The maximum absolute atomic E-state index is 10.8. The number of hydrogen-bond donors (Lipinski definition) is 3. The van der Waals surface area contributed by atoms with E-state index < -0.39 is 24.4 Å². The summed E-state index contributed by atoms with van der Waals surface area (Å²) in [6.07, 6.45) is -0.452. The lowest BCUT2D eigenvalue weighted by molar-refractivity contribution is -0.146. The smallest absolute Gasteiger partial charge is 0.321 e. The number of carboxylic acid groups (broad SMARTS) is 2. The molecule has 0 fully saturated rings. The van der Waals surface area contributed by atoms with E-state index in [1.54, 1.807) is 24.3 Å². The van der Waals surface area contributed by atoms with Gasteiger partial charge in [-0.25, -0.2) is 0 Å². The summed E-state index contributed by atoms with van der Waals surface area (Å²) in [6.45, 7) is 2.76. The van der Waals surface area contributed by atoms with Crippen LogP contribution in [-0.2, 0) is 16.1 Å². The SMILES string of the molecule is CCOc1ccc(CNC(CC(=O)O)C(=O)O)cc1. The Bertz CT molecular complexity index is 429. The molecular formula is C13H17NO5. The fourth-order valence-electron chi connectivity index (χ4n) is 1.53. The quantitative estimate of drug-likeness (QED) is 0.653. The lowest BCUT2D eigenvalue weighted by atomic mass is 10.1. The molecule has 3 N–H and O–H groups in total. The first-order valence-electron chi connectivity index (χ1n) is 5.92. The van der Waals surface area contributed by atoms with Gasteiger partial charge in [0.1, 0.15) is 11.8 Å². The first kappa shape index (κ1) is 15.0. The molecule has 1 rings (SSSR count). The van der Waals surface area contributed by atoms with Gasteiger partial charge in [0, 0.05) is 6.54 Å². The predicted octanol–water partition coefficient (Wildman–Crippen LogP) is 1.10. The Morgan fingerprint density at radius 2 is 1.89 bits per heavy atom. The highest BCUT2D eigenvalue weighted by atomic mass is 16.5. The summed E-state index contributed by atoms with van der Waals surface area (Å²) in [5.74, 6) is -1.58. The van der Waals surface area contributed by atoms with Gasteiger partial charge < -0.3 is 14.9 Å². The lowest BCUT2D eigenvalue weighted by Gasteiger charge is -2.12. The van der Waals surface area contributed by atoms with E-state index in [-0.39, 0.29) is 6.54 Å². The van der Waals surface area contributed by atoms with Crippen LogP contribution in [0, 0.1) is 0 Å². The highest BCUT2D eigenvalue weighted by Crippen LogP contribution is 2.12. The van der Waals surface area contributed by atoms with Crippen LogP contribution >= 0.6 is 0 Å². The van der Waals surface area contributed by atoms with E-state index in [0.29, 0.717) is 6.61 Å². The number of nitrogens with one attached hydrogen (secondary N) is 1. The van der Waals surface area contributed by atoms with Crippen LogP contribution < -0.4 is 10.1 Å². The molecule has 1 aromatic carbocycles. The molecule has 0 aromatic heterocycles. The summed E-state index contributed by atoms with van der Waals surface area (Å²) in [6, 6.07) is 6.08. The summed E-state index contributed by atoms with van der Waals surface area (Å²) in [5.41, 5.74) is 0.861. The maximum Gasteiger partial charge on any atom is 0.321 e. The van der Waals surface area contributed by atoms with Gasteiger partial charge in [-0.2, -0.15) is 0 Å². The van der Waals surface area contributed by atoms with E-state index in [1.165, 1.54) is 0 Å². The summed E-state index contributed by atoms with van der Waals surface area (Å²) in [4.78, 5) is 21.4. The Kier molecular flexibility index (Phi) is 5.81. The van der Waals surface area contributed by atoms with Crippen LogP contribution in [0.2, 0.25) is 0 Å². The Morgan fingerprint density at radius 3 is 2.37 bits per heavy atom. The van der Waals surface area contributed by atoms with Gasteiger partial charge in [-0.3, -0.25) is 14.9 Å². The molecule has 0 heterocycles. The van der Waals surface area contributed by atoms with Gasteiger partial charge in [0.25, 0.3) is 0 Å². The second-order valence-electron chi connectivity index (χ2n) is 3.95. The fourth-order valence-corrected chi connectivity index (χ4v) is 1.53. The number of aliphatic carboxylic acids is 2. The van der Waals surface area contributed by atoms with E-state index in [1.807, 2.05) is 6.92 Å². The predicted molar refractivity (Wildman–Crippen MR) is 68.1 cm³/mol. The van der Waals surface area contributed by atoms with Crippen molar-refractivity contribution in [2.45, 2.75) is 25.9 Å². The minimum atomic E-state index is -1.17. The van der Waals surface area contributed by atoms with E-state index in [4.69, 9.17) is 14.9 Å². The molecule has 0 amide bonds. The third kappa shape index (κ3) is 5.39. The van der Waals surface area contributed by atoms with Crippen LogP contribution in [0.15, 0.2) is 24.3 Å². The molecule has 1 unspecified atom stereocenters. The van der Waals surface area contributed by atoms with Crippen molar-refractivity contribution in [1.29, 1.82) is 0 Å². The minimum absolute atomic E-state index is 0.288. The summed E-state index contributed by atoms with van der Waals surface area (Å²) in [5, 5.41) is 20.2. The Labute approximate surface area is 111 Å². The molecule has 19 heavy (non-hydrogen) atoms. The number of carboxylic acids is 2. The van der Waals surface area contributed by atoms with Gasteiger partial charge in [0.15, 0.2) is 0 Å². The zero-order valence-corrected chi connectivity index (χ0v) is 10.6. The Morgan fingerprint density at radius 1 is 1.26 bits per heavy atom. The van der Waals surface area contributed by atoms with Crippen LogP contribution in [0.25, 0.3) is 0 Å². The highest BCUT2D eigenvalue weighted by molar-refractivity contribution is 5.80. The molecule has 1 atom stereocenters. The number of hydrogen-bond acceptors (Lipinski definition) is 4. The van der Waals surface area contributed by atoms with E-state index in [2.05, 4.69) is 5.32 Å². The molecule has 0 saturated heterocycles. The molecule has 0 saturated carbocycles. The Balaban J connectivity index is 2.54. The zero-order valence-electron chi connectivity index (χ0n) is 10.6. The fraction of sp³-hybridized carbons (Fsp3) is 0.385. The molecule has 104 valence electrons. The van der Waals surface area contributed by atoms with Crippen LogP contribution in [0.4, 0.5) is 0 Å². The molecule has 0 spiro atoms. The molecule has 0 radical (unpaired) electrons. The van der Waals surface area contributed by atoms with Gasteiger partial charge in [-0.05, 0) is 24.6 Å². The van der Waals surface area contributed by atoms with Gasteiger partial charge in [-0.15, -0.1) is 0 Å². The van der Waals surface area contributed by atoms with Crippen molar-refractivity contribution in [2.75, 3.05) is 6.61 Å². The normalized spacial score (nSPS) is 11.8. The van der Waals surface area contributed by atoms with Gasteiger partial charge in [0.2, 0.25) is 0 Å². The highest BCUT2D eigenvalue weighted by Gasteiger charge is 2.19. The van der Waals surface area contributed by atoms with Crippen molar-refractivity contribution in [2.24, 2.45) is 0 Å². The molecule has 0 bridgehead atoms. The van der Waals surface area contributed by atoms with Crippen molar-refractivity contribution in [3.8, 4) is 5.75 Å². The maximum atomic E-state index is 10.8. The van der Waals surface area contributed by atoms with E-state index >= 15 is 0 Å². The first-order chi connectivity index (χ1) is 9.02. The Hall–Kier alpha value is -2.08. The largest absolute Gasteiger partial charge is 0.494 e. The average molecular weight is 267 g/mol. The van der Waals surface area contributed by atoms with Crippen molar-refractivity contribution in [3.63, 3.8) is 0 Å². The number of benzene rings is 1. The first-order valence-corrected chi connectivity index (χ1v) is 5.92. The van der Waals surface area contributed by atoms with E-state index in [0.717, 1.165) is 11.3 Å². The van der Waals surface area contributed by atoms with Crippen LogP contribution in [0.1, 0.15) is 18.9 Å². The number of rotatable bonds is 8. The molecule has 0 aliphatic carbocycles. The zero-order chi connectivity index (χ0) is 14.3. The van der Waals surface area contributed by atoms with Gasteiger partial charge in [0.05, 0.1) is 13.0 Å². The third-order valence-electron chi connectivity index (χ3n) is 2.46. The topological polar surface area (TPSA) is 95.9 Å². The monoisotopic (exact) mass is 267 g/mol. The molecule has 6 nitrogen and oxygen atoms in total. The second-order valence-corrected chi connectivity index (χ2v) is 3.95. The van der Waals surface area contributed by atoms with Crippen molar-refractivity contribution in [1.82, 2.24) is 5.32 Å². The van der Waals surface area contributed by atoms with Gasteiger partial charge in [-0.1, -0.05) is 12.1 Å². The standard InChI is InChI=1S/C13H17NO5/c1-2-19-10-5-3-9(4-6-10)8-14-11(13(17)18)7-12(15)16/h3-6,11,14H,2,7-8H2,1H3,(H,15,16)(H,17,18). The third-order valence-corrected chi connectivity index (χ3v) is 2.46. The van der Waals surface area contributed by atoms with Crippen molar-refractivity contribution >= 4 is 11.9 Å². The molecule has 0 aliphatic heterocycles.